The maximum atomic E-state index is 12.2. The summed E-state index contributed by atoms with van der Waals surface area (Å²) in [5.41, 5.74) is 2.99. The van der Waals surface area contributed by atoms with Crippen molar-refractivity contribution in [3.8, 4) is 0 Å². The molecule has 6 nitrogen and oxygen atoms in total. The standard InChI is InChI=1S/C21H21N3O3/c1-15(25)22-17-10-7-16(8-11-17)9-12-20(26)23-18-4-2-5-19(14-18)24-13-3-6-21(24)27/h2,4-5,7-12,14H,3,6,13H2,1H3,(H,22,25)(H,23,26)/b12-9+. The number of nitrogens with zero attached hydrogens (tertiary/aromatic N) is 1. The molecule has 0 aliphatic carbocycles. The minimum atomic E-state index is -0.258. The van der Waals surface area contributed by atoms with Gasteiger partial charge in [0.25, 0.3) is 0 Å². The Kier molecular flexibility index (Phi) is 5.66. The Morgan fingerprint density at radius 1 is 1.04 bits per heavy atom. The molecule has 2 aromatic rings. The fourth-order valence-corrected chi connectivity index (χ4v) is 2.91. The van der Waals surface area contributed by atoms with Gasteiger partial charge in [0, 0.05) is 43.0 Å². The summed E-state index contributed by atoms with van der Waals surface area (Å²) >= 11 is 0. The highest BCUT2D eigenvalue weighted by molar-refractivity contribution is 6.03. The quantitative estimate of drug-likeness (QED) is 0.799. The second-order valence-corrected chi connectivity index (χ2v) is 6.33. The van der Waals surface area contributed by atoms with E-state index in [-0.39, 0.29) is 17.7 Å². The number of nitrogens with one attached hydrogen (secondary N) is 2. The zero-order valence-corrected chi connectivity index (χ0v) is 15.1. The summed E-state index contributed by atoms with van der Waals surface area (Å²) < 4.78 is 0. The summed E-state index contributed by atoms with van der Waals surface area (Å²) in [5, 5.41) is 5.50. The van der Waals surface area contributed by atoms with Gasteiger partial charge in [-0.25, -0.2) is 0 Å². The number of amides is 3. The maximum Gasteiger partial charge on any atom is 0.248 e. The number of hydrogen-bond acceptors (Lipinski definition) is 3. The van der Waals surface area contributed by atoms with E-state index in [1.165, 1.54) is 13.0 Å². The van der Waals surface area contributed by atoms with Gasteiger partial charge in [-0.15, -0.1) is 0 Å². The summed E-state index contributed by atoms with van der Waals surface area (Å²) in [6, 6.07) is 14.5. The molecular weight excluding hydrogens is 342 g/mol. The van der Waals surface area contributed by atoms with Crippen molar-refractivity contribution in [1.82, 2.24) is 0 Å². The Balaban J connectivity index is 1.61. The highest BCUT2D eigenvalue weighted by Gasteiger charge is 2.21. The Bertz CT molecular complexity index is 888. The Morgan fingerprint density at radius 3 is 2.48 bits per heavy atom. The normalized spacial score (nSPS) is 13.8. The fourth-order valence-electron chi connectivity index (χ4n) is 2.91. The van der Waals surface area contributed by atoms with Crippen LogP contribution in [0.15, 0.2) is 54.6 Å². The molecule has 0 radical (unpaired) electrons. The highest BCUT2D eigenvalue weighted by Crippen LogP contribution is 2.24. The van der Waals surface area contributed by atoms with E-state index < -0.39 is 0 Å². The smallest absolute Gasteiger partial charge is 0.248 e. The predicted octanol–water partition coefficient (Wildman–Crippen LogP) is 3.42. The SMILES string of the molecule is CC(=O)Nc1ccc(/C=C/C(=O)Nc2cccc(N3CCCC3=O)c2)cc1. The number of benzene rings is 2. The molecule has 138 valence electrons. The van der Waals surface area contributed by atoms with E-state index in [9.17, 15) is 14.4 Å². The minimum absolute atomic E-state index is 0.112. The largest absolute Gasteiger partial charge is 0.326 e. The van der Waals surface area contributed by atoms with E-state index in [1.54, 1.807) is 35.2 Å². The Morgan fingerprint density at radius 2 is 1.81 bits per heavy atom. The van der Waals surface area contributed by atoms with Gasteiger partial charge in [-0.2, -0.15) is 0 Å². The lowest BCUT2D eigenvalue weighted by atomic mass is 10.2. The van der Waals surface area contributed by atoms with Crippen LogP contribution in [0.25, 0.3) is 6.08 Å². The van der Waals surface area contributed by atoms with E-state index in [0.717, 1.165) is 17.7 Å². The summed E-state index contributed by atoms with van der Waals surface area (Å²) in [7, 11) is 0. The molecule has 0 saturated carbocycles. The van der Waals surface area contributed by atoms with Gasteiger partial charge in [0.2, 0.25) is 17.7 Å². The molecule has 2 N–H and O–H groups in total. The monoisotopic (exact) mass is 363 g/mol. The van der Waals surface area contributed by atoms with Crippen LogP contribution in [-0.2, 0) is 14.4 Å². The Hall–Kier alpha value is -3.41. The zero-order valence-electron chi connectivity index (χ0n) is 15.1. The number of anilines is 3. The van der Waals surface area contributed by atoms with Gasteiger partial charge in [-0.3, -0.25) is 14.4 Å². The first-order valence-electron chi connectivity index (χ1n) is 8.78. The summed E-state index contributed by atoms with van der Waals surface area (Å²) in [5.74, 6) is -0.276. The van der Waals surface area contributed by atoms with Gasteiger partial charge in [0.05, 0.1) is 0 Å². The molecule has 0 atom stereocenters. The minimum Gasteiger partial charge on any atom is -0.326 e. The van der Waals surface area contributed by atoms with Gasteiger partial charge in [-0.1, -0.05) is 18.2 Å². The third-order valence-electron chi connectivity index (χ3n) is 4.16. The number of rotatable bonds is 5. The van der Waals surface area contributed by atoms with Crippen molar-refractivity contribution in [2.75, 3.05) is 22.1 Å². The number of carbonyl (C=O) groups is 3. The maximum absolute atomic E-state index is 12.2. The highest BCUT2D eigenvalue weighted by atomic mass is 16.2. The second-order valence-electron chi connectivity index (χ2n) is 6.33. The molecule has 1 aliphatic heterocycles. The molecule has 1 aliphatic rings. The van der Waals surface area contributed by atoms with Crippen LogP contribution in [-0.4, -0.2) is 24.3 Å². The van der Waals surface area contributed by atoms with Crippen molar-refractivity contribution in [1.29, 1.82) is 0 Å². The lowest BCUT2D eigenvalue weighted by Crippen LogP contribution is -2.23. The molecule has 1 fully saturated rings. The zero-order chi connectivity index (χ0) is 19.2. The van der Waals surface area contributed by atoms with Gasteiger partial charge in [-0.05, 0) is 48.4 Å². The molecule has 0 spiro atoms. The van der Waals surface area contributed by atoms with Gasteiger partial charge in [0.15, 0.2) is 0 Å². The average molecular weight is 363 g/mol. The van der Waals surface area contributed by atoms with E-state index in [4.69, 9.17) is 0 Å². The lowest BCUT2D eigenvalue weighted by molar-refractivity contribution is -0.117. The molecule has 1 heterocycles. The van der Waals surface area contributed by atoms with Crippen molar-refractivity contribution in [2.24, 2.45) is 0 Å². The van der Waals surface area contributed by atoms with E-state index in [0.29, 0.717) is 24.3 Å². The van der Waals surface area contributed by atoms with Crippen molar-refractivity contribution < 1.29 is 14.4 Å². The Labute approximate surface area is 157 Å². The first kappa shape index (κ1) is 18.4. The molecule has 0 aromatic heterocycles. The number of hydrogen-bond donors (Lipinski definition) is 2. The summed E-state index contributed by atoms with van der Waals surface area (Å²) in [6.07, 6.45) is 4.57. The molecule has 3 amide bonds. The molecule has 0 unspecified atom stereocenters. The molecule has 6 heteroatoms. The summed E-state index contributed by atoms with van der Waals surface area (Å²) in [6.45, 7) is 2.16. The van der Waals surface area contributed by atoms with Gasteiger partial charge < -0.3 is 15.5 Å². The van der Waals surface area contributed by atoms with Crippen LogP contribution in [0.2, 0.25) is 0 Å². The topological polar surface area (TPSA) is 78.5 Å². The molecule has 3 rings (SSSR count). The van der Waals surface area contributed by atoms with Crippen LogP contribution in [0.3, 0.4) is 0 Å². The van der Waals surface area contributed by atoms with E-state index in [1.807, 2.05) is 24.3 Å². The molecule has 0 bridgehead atoms. The first-order valence-corrected chi connectivity index (χ1v) is 8.78. The third-order valence-corrected chi connectivity index (χ3v) is 4.16. The van der Waals surface area contributed by atoms with Crippen molar-refractivity contribution in [3.05, 3.63) is 60.2 Å². The van der Waals surface area contributed by atoms with Crippen LogP contribution >= 0.6 is 0 Å². The molecule has 2 aromatic carbocycles. The van der Waals surface area contributed by atoms with Crippen LogP contribution in [0.4, 0.5) is 17.1 Å². The molecule has 1 saturated heterocycles. The molecule has 27 heavy (non-hydrogen) atoms. The fraction of sp³-hybridized carbons (Fsp3) is 0.190. The average Bonchev–Trinajstić information content (AvgIpc) is 3.07. The predicted molar refractivity (Wildman–Crippen MR) is 106 cm³/mol. The van der Waals surface area contributed by atoms with Gasteiger partial charge >= 0.3 is 0 Å². The van der Waals surface area contributed by atoms with Crippen molar-refractivity contribution >= 4 is 40.9 Å². The van der Waals surface area contributed by atoms with Crippen molar-refractivity contribution in [2.45, 2.75) is 19.8 Å². The second kappa shape index (κ2) is 8.31. The summed E-state index contributed by atoms with van der Waals surface area (Å²) in [4.78, 5) is 36.8. The lowest BCUT2D eigenvalue weighted by Gasteiger charge is -2.16. The van der Waals surface area contributed by atoms with Gasteiger partial charge in [0.1, 0.15) is 0 Å². The van der Waals surface area contributed by atoms with Crippen LogP contribution in [0.1, 0.15) is 25.3 Å². The van der Waals surface area contributed by atoms with E-state index in [2.05, 4.69) is 10.6 Å². The molecular formula is C21H21N3O3. The van der Waals surface area contributed by atoms with Crippen LogP contribution < -0.4 is 15.5 Å². The number of carbonyl (C=O) groups excluding carboxylic acids is 3. The van der Waals surface area contributed by atoms with Crippen LogP contribution in [0.5, 0.6) is 0 Å². The van der Waals surface area contributed by atoms with Crippen LogP contribution in [0, 0.1) is 0 Å². The third kappa shape index (κ3) is 5.04. The van der Waals surface area contributed by atoms with Crippen molar-refractivity contribution in [3.63, 3.8) is 0 Å². The van der Waals surface area contributed by atoms with E-state index >= 15 is 0 Å². The first-order chi connectivity index (χ1) is 13.0.